The van der Waals surface area contributed by atoms with Crippen LogP contribution in [0.15, 0.2) is 78.9 Å². The van der Waals surface area contributed by atoms with Gasteiger partial charge in [0.15, 0.2) is 0 Å². The second kappa shape index (κ2) is 10.1. The number of ether oxygens (including phenoxy) is 1. The smallest absolute Gasteiger partial charge is 0.241 e. The minimum Gasteiger partial charge on any atom is -0.489 e. The first-order chi connectivity index (χ1) is 15.9. The van der Waals surface area contributed by atoms with E-state index in [1.54, 1.807) is 24.3 Å². The van der Waals surface area contributed by atoms with E-state index in [2.05, 4.69) is 11.4 Å². The van der Waals surface area contributed by atoms with Crippen molar-refractivity contribution < 1.29 is 17.9 Å². The second-order valence-corrected chi connectivity index (χ2v) is 10.2. The first kappa shape index (κ1) is 22.9. The quantitative estimate of drug-likeness (QED) is 0.541. The van der Waals surface area contributed by atoms with Crippen LogP contribution in [0.1, 0.15) is 35.6 Å². The Labute approximate surface area is 195 Å². The predicted molar refractivity (Wildman–Crippen MR) is 130 cm³/mol. The molecule has 0 heterocycles. The second-order valence-electron chi connectivity index (χ2n) is 8.25. The number of hydrogen-bond acceptors (Lipinski definition) is 4. The van der Waals surface area contributed by atoms with Crippen LogP contribution in [0.2, 0.25) is 0 Å². The highest BCUT2D eigenvalue weighted by Crippen LogP contribution is 2.29. The third-order valence-corrected chi connectivity index (χ3v) is 6.91. The maximum Gasteiger partial charge on any atom is 0.241 e. The summed E-state index contributed by atoms with van der Waals surface area (Å²) >= 11 is 0. The Bertz CT molecular complexity index is 1190. The summed E-state index contributed by atoms with van der Waals surface area (Å²) in [7, 11) is -3.65. The largest absolute Gasteiger partial charge is 0.489 e. The Morgan fingerprint density at radius 2 is 1.70 bits per heavy atom. The lowest BCUT2D eigenvalue weighted by molar-refractivity contribution is -0.120. The van der Waals surface area contributed by atoms with Crippen LogP contribution in [0.5, 0.6) is 5.75 Å². The number of anilines is 1. The number of amides is 1. The van der Waals surface area contributed by atoms with Crippen LogP contribution in [-0.4, -0.2) is 27.1 Å². The predicted octanol–water partition coefficient (Wildman–Crippen LogP) is 4.23. The summed E-state index contributed by atoms with van der Waals surface area (Å²) in [4.78, 5) is 12.8. The normalized spacial score (nSPS) is 15.4. The lowest BCUT2D eigenvalue weighted by atomic mass is 9.88. The van der Waals surface area contributed by atoms with E-state index < -0.39 is 10.0 Å². The van der Waals surface area contributed by atoms with E-state index in [4.69, 9.17) is 4.74 Å². The average Bonchev–Trinajstić information content (AvgIpc) is 2.82. The number of sulfonamides is 1. The van der Waals surface area contributed by atoms with Crippen molar-refractivity contribution in [1.82, 2.24) is 5.32 Å². The Morgan fingerprint density at radius 3 is 2.42 bits per heavy atom. The summed E-state index contributed by atoms with van der Waals surface area (Å²) in [5.74, 6) is 0.297. The summed E-state index contributed by atoms with van der Waals surface area (Å²) < 4.78 is 31.8. The monoisotopic (exact) mass is 464 g/mol. The maximum absolute atomic E-state index is 12.8. The number of fused-ring (bicyclic) bond motifs is 1. The van der Waals surface area contributed by atoms with Gasteiger partial charge in [-0.05, 0) is 60.2 Å². The Kier molecular flexibility index (Phi) is 6.99. The van der Waals surface area contributed by atoms with Gasteiger partial charge in [-0.1, -0.05) is 54.6 Å². The van der Waals surface area contributed by atoms with Crippen LogP contribution in [-0.2, 0) is 27.8 Å². The highest BCUT2D eigenvalue weighted by molar-refractivity contribution is 7.92. The molecule has 1 atom stereocenters. The van der Waals surface area contributed by atoms with Crippen LogP contribution < -0.4 is 14.4 Å². The van der Waals surface area contributed by atoms with Crippen molar-refractivity contribution in [3.8, 4) is 5.75 Å². The van der Waals surface area contributed by atoms with Crippen molar-refractivity contribution in [2.75, 3.05) is 17.1 Å². The molecule has 1 amide bonds. The van der Waals surface area contributed by atoms with Gasteiger partial charge in [0, 0.05) is 0 Å². The standard InChI is InChI=1S/C26H28N2O4S/c1-33(30,31)28(18-26(29)27-25-13-7-11-21-10-5-6-12-24(21)25)22-14-16-23(17-15-22)32-19-20-8-3-2-4-9-20/h2-6,8-10,12,14-17,25H,7,11,13,18-19H2,1H3,(H,27,29)/t25-/m0/s1. The summed E-state index contributed by atoms with van der Waals surface area (Å²) in [6.45, 7) is 0.142. The van der Waals surface area contributed by atoms with Crippen LogP contribution in [0.4, 0.5) is 5.69 Å². The summed E-state index contributed by atoms with van der Waals surface area (Å²) in [5, 5.41) is 3.03. The fourth-order valence-electron chi connectivity index (χ4n) is 4.12. The highest BCUT2D eigenvalue weighted by Gasteiger charge is 2.25. The van der Waals surface area contributed by atoms with E-state index in [9.17, 15) is 13.2 Å². The van der Waals surface area contributed by atoms with Gasteiger partial charge in [-0.15, -0.1) is 0 Å². The van der Waals surface area contributed by atoms with E-state index >= 15 is 0 Å². The number of carbonyl (C=O) groups is 1. The molecule has 1 aliphatic rings. The van der Waals surface area contributed by atoms with Crippen molar-refractivity contribution in [1.29, 1.82) is 0 Å². The molecule has 33 heavy (non-hydrogen) atoms. The van der Waals surface area contributed by atoms with Gasteiger partial charge < -0.3 is 10.1 Å². The minimum absolute atomic E-state index is 0.0994. The van der Waals surface area contributed by atoms with Crippen molar-refractivity contribution in [2.24, 2.45) is 0 Å². The number of nitrogens with one attached hydrogen (secondary N) is 1. The van der Waals surface area contributed by atoms with E-state index in [0.717, 1.165) is 41.0 Å². The van der Waals surface area contributed by atoms with Crippen LogP contribution in [0.25, 0.3) is 0 Å². The molecule has 1 N–H and O–H groups in total. The molecule has 0 unspecified atom stereocenters. The van der Waals surface area contributed by atoms with Crippen LogP contribution >= 0.6 is 0 Å². The SMILES string of the molecule is CS(=O)(=O)N(CC(=O)N[C@H]1CCCc2ccccc21)c1ccc(OCc2ccccc2)cc1. The van der Waals surface area contributed by atoms with E-state index in [-0.39, 0.29) is 18.5 Å². The Balaban J connectivity index is 1.43. The van der Waals surface area contributed by atoms with Gasteiger partial charge in [-0.3, -0.25) is 9.10 Å². The summed E-state index contributed by atoms with van der Waals surface area (Å²) in [6.07, 6.45) is 3.93. The van der Waals surface area contributed by atoms with Crippen molar-refractivity contribution >= 4 is 21.6 Å². The number of rotatable bonds is 8. The average molecular weight is 465 g/mol. The lowest BCUT2D eigenvalue weighted by Gasteiger charge is -2.28. The number of nitrogens with zero attached hydrogens (tertiary/aromatic N) is 1. The van der Waals surface area contributed by atoms with Gasteiger partial charge in [0.25, 0.3) is 0 Å². The van der Waals surface area contributed by atoms with Gasteiger partial charge in [0.2, 0.25) is 15.9 Å². The minimum atomic E-state index is -3.65. The fourth-order valence-corrected chi connectivity index (χ4v) is 4.98. The molecule has 0 bridgehead atoms. The molecule has 0 aliphatic heterocycles. The van der Waals surface area contributed by atoms with Gasteiger partial charge in [-0.25, -0.2) is 8.42 Å². The lowest BCUT2D eigenvalue weighted by Crippen LogP contribution is -2.42. The summed E-state index contributed by atoms with van der Waals surface area (Å²) in [6, 6.07) is 24.5. The van der Waals surface area contributed by atoms with Gasteiger partial charge in [-0.2, -0.15) is 0 Å². The van der Waals surface area contributed by atoms with Crippen molar-refractivity contribution in [3.05, 3.63) is 95.6 Å². The molecule has 3 aromatic rings. The van der Waals surface area contributed by atoms with Gasteiger partial charge >= 0.3 is 0 Å². The molecule has 0 radical (unpaired) electrons. The topological polar surface area (TPSA) is 75.7 Å². The fraction of sp³-hybridized carbons (Fsp3) is 0.269. The molecule has 6 nitrogen and oxygen atoms in total. The third kappa shape index (κ3) is 5.93. The molecule has 1 aliphatic carbocycles. The zero-order valence-corrected chi connectivity index (χ0v) is 19.4. The van der Waals surface area contributed by atoms with E-state index in [0.29, 0.717) is 18.0 Å². The van der Waals surface area contributed by atoms with Crippen LogP contribution in [0.3, 0.4) is 0 Å². The highest BCUT2D eigenvalue weighted by atomic mass is 32.2. The molecule has 172 valence electrons. The zero-order valence-electron chi connectivity index (χ0n) is 18.6. The van der Waals surface area contributed by atoms with Crippen molar-refractivity contribution in [3.63, 3.8) is 0 Å². The number of benzene rings is 3. The maximum atomic E-state index is 12.8. The molecule has 4 rings (SSSR count). The third-order valence-electron chi connectivity index (χ3n) is 5.77. The van der Waals surface area contributed by atoms with Crippen molar-refractivity contribution in [2.45, 2.75) is 31.9 Å². The number of hydrogen-bond donors (Lipinski definition) is 1. The molecule has 0 saturated heterocycles. The molecule has 0 saturated carbocycles. The first-order valence-corrected chi connectivity index (χ1v) is 12.9. The zero-order chi connectivity index (χ0) is 23.3. The van der Waals surface area contributed by atoms with Gasteiger partial charge in [0.1, 0.15) is 18.9 Å². The van der Waals surface area contributed by atoms with Crippen LogP contribution in [0, 0.1) is 0 Å². The Morgan fingerprint density at radius 1 is 1.00 bits per heavy atom. The summed E-state index contributed by atoms with van der Waals surface area (Å²) in [5.41, 5.74) is 3.81. The molecule has 7 heteroatoms. The van der Waals surface area contributed by atoms with E-state index in [1.165, 1.54) is 5.56 Å². The molecular formula is C26H28N2O4S. The molecule has 3 aromatic carbocycles. The molecule has 0 fully saturated rings. The van der Waals surface area contributed by atoms with Gasteiger partial charge in [0.05, 0.1) is 18.0 Å². The molecule has 0 aromatic heterocycles. The Hall–Kier alpha value is -3.32. The first-order valence-electron chi connectivity index (χ1n) is 11.0. The van der Waals surface area contributed by atoms with E-state index in [1.807, 2.05) is 48.5 Å². The number of aryl methyl sites for hydroxylation is 1. The number of carbonyl (C=O) groups excluding carboxylic acids is 1. The molecular weight excluding hydrogens is 436 g/mol. The molecule has 0 spiro atoms.